The van der Waals surface area contributed by atoms with E-state index >= 15 is 0 Å². The lowest BCUT2D eigenvalue weighted by Crippen LogP contribution is -2.13. The van der Waals surface area contributed by atoms with E-state index in [0.717, 1.165) is 12.1 Å². The number of halogens is 2. The van der Waals surface area contributed by atoms with Crippen LogP contribution in [0, 0.1) is 10.1 Å². The summed E-state index contributed by atoms with van der Waals surface area (Å²) >= 11 is 0. The van der Waals surface area contributed by atoms with Gasteiger partial charge in [0.1, 0.15) is 5.69 Å². The van der Waals surface area contributed by atoms with Crippen LogP contribution >= 0.6 is 0 Å². The van der Waals surface area contributed by atoms with E-state index in [1.54, 1.807) is 23.3 Å². The number of alkyl halides is 2. The average Bonchev–Trinajstić information content (AvgIpc) is 3.00. The molecule has 0 saturated heterocycles. The number of hydrogen-bond donors (Lipinski definition) is 1. The Morgan fingerprint density at radius 1 is 1.39 bits per heavy atom. The topological polar surface area (TPSA) is 107 Å². The number of sulfone groups is 1. The van der Waals surface area contributed by atoms with Gasteiger partial charge in [-0.3, -0.25) is 10.1 Å². The van der Waals surface area contributed by atoms with Crippen molar-refractivity contribution in [2.45, 2.75) is 17.2 Å². The van der Waals surface area contributed by atoms with Gasteiger partial charge in [-0.25, -0.2) is 13.4 Å². The number of aromatic nitrogens is 2. The highest BCUT2D eigenvalue weighted by atomic mass is 32.2. The number of anilines is 1. The van der Waals surface area contributed by atoms with E-state index in [0.29, 0.717) is 19.2 Å². The fourth-order valence-corrected chi connectivity index (χ4v) is 2.57. The molecule has 1 aromatic carbocycles. The maximum absolute atomic E-state index is 12.5. The summed E-state index contributed by atoms with van der Waals surface area (Å²) in [5.41, 5.74) is -0.541. The molecule has 0 spiro atoms. The summed E-state index contributed by atoms with van der Waals surface area (Å²) in [5, 5.41) is 13.8. The molecule has 0 aliphatic heterocycles. The number of nitrogens with one attached hydrogen (secondary N) is 1. The van der Waals surface area contributed by atoms with Gasteiger partial charge in [-0.1, -0.05) is 0 Å². The van der Waals surface area contributed by atoms with Gasteiger partial charge in [-0.2, -0.15) is 8.78 Å². The predicted octanol–water partition coefficient (Wildman–Crippen LogP) is 1.90. The molecule has 1 aromatic heterocycles. The van der Waals surface area contributed by atoms with Gasteiger partial charge in [0.15, 0.2) is 0 Å². The fraction of sp³-hybridized carbons (Fsp3) is 0.250. The second-order valence-corrected chi connectivity index (χ2v) is 6.39. The quantitative estimate of drug-likeness (QED) is 0.606. The molecule has 0 atom stereocenters. The zero-order chi connectivity index (χ0) is 17.0. The Kier molecular flexibility index (Phi) is 4.89. The van der Waals surface area contributed by atoms with Gasteiger partial charge < -0.3 is 9.88 Å². The van der Waals surface area contributed by atoms with Gasteiger partial charge in [0.05, 0.1) is 16.1 Å². The summed E-state index contributed by atoms with van der Waals surface area (Å²) in [6, 6.07) is 2.64. The number of benzene rings is 1. The van der Waals surface area contributed by atoms with Crippen LogP contribution in [0.1, 0.15) is 0 Å². The third-order valence-electron chi connectivity index (χ3n) is 2.97. The zero-order valence-corrected chi connectivity index (χ0v) is 12.4. The molecule has 0 aliphatic rings. The molecule has 0 unspecified atom stereocenters. The SMILES string of the molecule is O=[N+]([O-])c1cc(S(=O)(=O)C(F)F)ccc1NCCn1ccnc1. The molecule has 0 fully saturated rings. The van der Waals surface area contributed by atoms with E-state index < -0.39 is 31.1 Å². The number of nitrogens with zero attached hydrogens (tertiary/aromatic N) is 3. The Labute approximate surface area is 129 Å². The molecule has 0 bridgehead atoms. The third kappa shape index (κ3) is 3.80. The molecule has 2 aromatic rings. The van der Waals surface area contributed by atoms with E-state index in [1.165, 1.54) is 0 Å². The van der Waals surface area contributed by atoms with E-state index in [2.05, 4.69) is 10.3 Å². The first kappa shape index (κ1) is 16.8. The molecular weight excluding hydrogens is 334 g/mol. The van der Waals surface area contributed by atoms with Crippen LogP contribution in [0.5, 0.6) is 0 Å². The number of nitro benzene ring substituents is 1. The summed E-state index contributed by atoms with van der Waals surface area (Å²) in [5.74, 6) is -3.64. The molecule has 0 saturated carbocycles. The molecule has 2 rings (SSSR count). The maximum atomic E-state index is 12.5. The molecule has 0 amide bonds. The van der Waals surface area contributed by atoms with Gasteiger partial charge in [0.2, 0.25) is 9.84 Å². The third-order valence-corrected chi connectivity index (χ3v) is 4.35. The zero-order valence-electron chi connectivity index (χ0n) is 11.6. The van der Waals surface area contributed by atoms with Crippen molar-refractivity contribution in [3.8, 4) is 0 Å². The van der Waals surface area contributed by atoms with E-state index in [1.807, 2.05) is 0 Å². The monoisotopic (exact) mass is 346 g/mol. The van der Waals surface area contributed by atoms with Crippen LogP contribution in [0.3, 0.4) is 0 Å². The van der Waals surface area contributed by atoms with Crippen molar-refractivity contribution in [3.05, 3.63) is 47.0 Å². The van der Waals surface area contributed by atoms with Crippen molar-refractivity contribution in [2.75, 3.05) is 11.9 Å². The average molecular weight is 346 g/mol. The van der Waals surface area contributed by atoms with Crippen LogP contribution in [-0.2, 0) is 16.4 Å². The maximum Gasteiger partial charge on any atom is 0.341 e. The summed E-state index contributed by atoms with van der Waals surface area (Å²) < 4.78 is 49.5. The fourth-order valence-electron chi connectivity index (χ4n) is 1.83. The van der Waals surface area contributed by atoms with Crippen LogP contribution in [0.15, 0.2) is 41.8 Å². The minimum atomic E-state index is -4.88. The van der Waals surface area contributed by atoms with Crippen LogP contribution in [-0.4, -0.2) is 35.2 Å². The normalized spacial score (nSPS) is 11.6. The standard InChI is InChI=1S/C12H12F2N4O4S/c13-12(14)23(21,22)9-1-2-10(11(7-9)18(19)20)16-4-6-17-5-3-15-8-17/h1-3,5,7-8,12,16H,4,6H2. The Hall–Kier alpha value is -2.56. The lowest BCUT2D eigenvalue weighted by atomic mass is 10.2. The van der Waals surface area contributed by atoms with E-state index in [4.69, 9.17) is 0 Å². The Morgan fingerprint density at radius 2 is 2.13 bits per heavy atom. The molecule has 8 nitrogen and oxygen atoms in total. The number of rotatable bonds is 7. The van der Waals surface area contributed by atoms with Crippen molar-refractivity contribution in [3.63, 3.8) is 0 Å². The van der Waals surface area contributed by atoms with Gasteiger partial charge >= 0.3 is 5.76 Å². The first-order chi connectivity index (χ1) is 10.8. The highest BCUT2D eigenvalue weighted by Gasteiger charge is 2.29. The summed E-state index contributed by atoms with van der Waals surface area (Å²) in [6.07, 6.45) is 4.84. The number of hydrogen-bond acceptors (Lipinski definition) is 6. The predicted molar refractivity (Wildman–Crippen MR) is 77.0 cm³/mol. The van der Waals surface area contributed by atoms with Crippen molar-refractivity contribution < 1.29 is 22.1 Å². The lowest BCUT2D eigenvalue weighted by Gasteiger charge is -2.09. The molecule has 1 heterocycles. The van der Waals surface area contributed by atoms with Gasteiger partial charge in [0.25, 0.3) is 5.69 Å². The Bertz CT molecular complexity index is 793. The van der Waals surface area contributed by atoms with Crippen molar-refractivity contribution in [1.82, 2.24) is 9.55 Å². The van der Waals surface area contributed by atoms with Crippen LogP contribution in [0.4, 0.5) is 20.2 Å². The van der Waals surface area contributed by atoms with E-state index in [9.17, 15) is 27.3 Å². The highest BCUT2D eigenvalue weighted by Crippen LogP contribution is 2.29. The molecule has 124 valence electrons. The number of nitro groups is 1. The molecule has 0 radical (unpaired) electrons. The van der Waals surface area contributed by atoms with Crippen LogP contribution in [0.2, 0.25) is 0 Å². The van der Waals surface area contributed by atoms with Crippen LogP contribution in [0.25, 0.3) is 0 Å². The lowest BCUT2D eigenvalue weighted by molar-refractivity contribution is -0.384. The minimum absolute atomic E-state index is 0.0448. The summed E-state index contributed by atoms with van der Waals surface area (Å²) in [4.78, 5) is 13.2. The Balaban J connectivity index is 2.21. The van der Waals surface area contributed by atoms with Crippen LogP contribution < -0.4 is 5.32 Å². The van der Waals surface area contributed by atoms with E-state index in [-0.39, 0.29) is 5.69 Å². The Morgan fingerprint density at radius 3 is 2.70 bits per heavy atom. The summed E-state index contributed by atoms with van der Waals surface area (Å²) in [6.45, 7) is 0.770. The molecule has 0 aliphatic carbocycles. The van der Waals surface area contributed by atoms with Gasteiger partial charge in [0, 0.05) is 31.5 Å². The largest absolute Gasteiger partial charge is 0.378 e. The van der Waals surface area contributed by atoms with Crippen molar-refractivity contribution in [2.24, 2.45) is 0 Å². The highest BCUT2D eigenvalue weighted by molar-refractivity contribution is 7.91. The molecule has 23 heavy (non-hydrogen) atoms. The first-order valence-electron chi connectivity index (χ1n) is 6.32. The number of imidazole rings is 1. The summed E-state index contributed by atoms with van der Waals surface area (Å²) in [7, 11) is -4.88. The molecule has 1 N–H and O–H groups in total. The smallest absolute Gasteiger partial charge is 0.341 e. The first-order valence-corrected chi connectivity index (χ1v) is 7.87. The minimum Gasteiger partial charge on any atom is -0.378 e. The second kappa shape index (κ2) is 6.69. The second-order valence-electron chi connectivity index (χ2n) is 4.47. The molecule has 11 heteroatoms. The molecular formula is C12H12F2N4O4S. The van der Waals surface area contributed by atoms with Gasteiger partial charge in [-0.15, -0.1) is 0 Å². The van der Waals surface area contributed by atoms with Gasteiger partial charge in [-0.05, 0) is 12.1 Å². The van der Waals surface area contributed by atoms with Crippen molar-refractivity contribution >= 4 is 21.2 Å². The van der Waals surface area contributed by atoms with Crippen molar-refractivity contribution in [1.29, 1.82) is 0 Å².